The standard InChI is InChI=1S/C17H17N3OS2/c1-11-7-8-12-14(9-11)20-17(19-12)23-10-16(21)18-13-5-3-4-6-15(13)22-2/h3-9H,10H2,1-2H3,(H,18,21)(H,19,20). The largest absolute Gasteiger partial charge is 0.333 e. The molecule has 2 N–H and O–H groups in total. The predicted molar refractivity (Wildman–Crippen MR) is 98.4 cm³/mol. The highest BCUT2D eigenvalue weighted by atomic mass is 32.2. The van der Waals surface area contributed by atoms with E-state index >= 15 is 0 Å². The van der Waals surface area contributed by atoms with Gasteiger partial charge in [-0.1, -0.05) is 30.0 Å². The number of H-pyrrole nitrogens is 1. The third kappa shape index (κ3) is 3.89. The molecule has 0 bridgehead atoms. The number of hydrogen-bond acceptors (Lipinski definition) is 4. The van der Waals surface area contributed by atoms with E-state index in [0.29, 0.717) is 5.75 Å². The Kier molecular flexibility index (Phi) is 4.93. The quantitative estimate of drug-likeness (QED) is 0.677. The van der Waals surface area contributed by atoms with Gasteiger partial charge in [0.25, 0.3) is 0 Å². The number of carbonyl (C=O) groups excluding carboxylic acids is 1. The Hall–Kier alpha value is -1.92. The first kappa shape index (κ1) is 16.0. The highest BCUT2D eigenvalue weighted by Gasteiger charge is 2.09. The number of hydrogen-bond donors (Lipinski definition) is 2. The fraction of sp³-hybridized carbons (Fsp3) is 0.176. The summed E-state index contributed by atoms with van der Waals surface area (Å²) in [6.07, 6.45) is 2.00. The maximum atomic E-state index is 12.1. The van der Waals surface area contributed by atoms with Crippen LogP contribution in [0.4, 0.5) is 5.69 Å². The van der Waals surface area contributed by atoms with Crippen molar-refractivity contribution in [1.29, 1.82) is 0 Å². The number of nitrogens with zero attached hydrogens (tertiary/aromatic N) is 1. The summed E-state index contributed by atoms with van der Waals surface area (Å²) in [5.74, 6) is 0.287. The lowest BCUT2D eigenvalue weighted by Crippen LogP contribution is -2.14. The smallest absolute Gasteiger partial charge is 0.234 e. The second-order valence-corrected chi connectivity index (χ2v) is 6.91. The van der Waals surface area contributed by atoms with Gasteiger partial charge in [-0.3, -0.25) is 4.79 Å². The number of imidazole rings is 1. The van der Waals surface area contributed by atoms with E-state index < -0.39 is 0 Å². The Morgan fingerprint density at radius 1 is 1.26 bits per heavy atom. The number of anilines is 1. The Labute approximate surface area is 143 Å². The van der Waals surface area contributed by atoms with E-state index in [-0.39, 0.29) is 5.91 Å². The van der Waals surface area contributed by atoms with Crippen molar-refractivity contribution in [2.24, 2.45) is 0 Å². The number of benzene rings is 2. The van der Waals surface area contributed by atoms with Crippen LogP contribution in [0.1, 0.15) is 5.56 Å². The second kappa shape index (κ2) is 7.10. The van der Waals surface area contributed by atoms with Crippen LogP contribution < -0.4 is 5.32 Å². The third-order valence-electron chi connectivity index (χ3n) is 3.34. The van der Waals surface area contributed by atoms with Crippen molar-refractivity contribution in [3.63, 3.8) is 0 Å². The van der Waals surface area contributed by atoms with Gasteiger partial charge in [-0.2, -0.15) is 0 Å². The van der Waals surface area contributed by atoms with Gasteiger partial charge in [-0.05, 0) is 43.0 Å². The monoisotopic (exact) mass is 343 g/mol. The minimum atomic E-state index is -0.0341. The second-order valence-electron chi connectivity index (χ2n) is 5.10. The van der Waals surface area contributed by atoms with Crippen LogP contribution in [-0.2, 0) is 4.79 Å². The van der Waals surface area contributed by atoms with Crippen molar-refractivity contribution >= 4 is 46.2 Å². The summed E-state index contributed by atoms with van der Waals surface area (Å²) < 4.78 is 0. The van der Waals surface area contributed by atoms with Crippen LogP contribution in [0, 0.1) is 6.92 Å². The average Bonchev–Trinajstić information content (AvgIpc) is 2.95. The lowest BCUT2D eigenvalue weighted by molar-refractivity contribution is -0.113. The Balaban J connectivity index is 1.63. The Bertz CT molecular complexity index is 845. The minimum Gasteiger partial charge on any atom is -0.333 e. The zero-order valence-electron chi connectivity index (χ0n) is 12.9. The first-order valence-corrected chi connectivity index (χ1v) is 9.39. The number of rotatable bonds is 5. The number of nitrogens with one attached hydrogen (secondary N) is 2. The number of carbonyl (C=O) groups is 1. The molecule has 0 aliphatic rings. The molecule has 2 aromatic carbocycles. The number of thioether (sulfide) groups is 2. The van der Waals surface area contributed by atoms with Crippen molar-refractivity contribution in [3.05, 3.63) is 48.0 Å². The van der Waals surface area contributed by atoms with Gasteiger partial charge < -0.3 is 10.3 Å². The van der Waals surface area contributed by atoms with E-state index in [0.717, 1.165) is 26.8 Å². The average molecular weight is 343 g/mol. The Morgan fingerprint density at radius 3 is 2.91 bits per heavy atom. The SMILES string of the molecule is CSc1ccccc1NC(=O)CSc1nc2ccc(C)cc2[nH]1. The van der Waals surface area contributed by atoms with E-state index in [1.807, 2.05) is 49.6 Å². The molecular formula is C17H17N3OS2. The van der Waals surface area contributed by atoms with E-state index in [2.05, 4.69) is 21.4 Å². The van der Waals surface area contributed by atoms with E-state index in [4.69, 9.17) is 0 Å². The highest BCUT2D eigenvalue weighted by Crippen LogP contribution is 2.25. The molecule has 0 unspecified atom stereocenters. The molecule has 3 rings (SSSR count). The van der Waals surface area contributed by atoms with Crippen molar-refractivity contribution in [2.75, 3.05) is 17.3 Å². The molecule has 118 valence electrons. The molecule has 3 aromatic rings. The number of para-hydroxylation sites is 1. The van der Waals surface area contributed by atoms with Crippen LogP contribution in [0.25, 0.3) is 11.0 Å². The topological polar surface area (TPSA) is 57.8 Å². The number of aromatic amines is 1. The van der Waals surface area contributed by atoms with E-state index in [1.165, 1.54) is 17.3 Å². The summed E-state index contributed by atoms with van der Waals surface area (Å²) in [5.41, 5.74) is 3.96. The van der Waals surface area contributed by atoms with Gasteiger partial charge in [0.2, 0.25) is 5.91 Å². The first-order chi connectivity index (χ1) is 11.2. The summed E-state index contributed by atoms with van der Waals surface area (Å²) in [7, 11) is 0. The number of aromatic nitrogens is 2. The molecule has 0 saturated heterocycles. The molecule has 23 heavy (non-hydrogen) atoms. The van der Waals surface area contributed by atoms with Crippen molar-refractivity contribution in [3.8, 4) is 0 Å². The van der Waals surface area contributed by atoms with Crippen LogP contribution in [0.15, 0.2) is 52.5 Å². The maximum Gasteiger partial charge on any atom is 0.234 e. The van der Waals surface area contributed by atoms with Crippen LogP contribution in [0.3, 0.4) is 0 Å². The zero-order chi connectivity index (χ0) is 16.2. The van der Waals surface area contributed by atoms with Gasteiger partial charge >= 0.3 is 0 Å². The zero-order valence-corrected chi connectivity index (χ0v) is 14.6. The summed E-state index contributed by atoms with van der Waals surface area (Å²) in [6, 6.07) is 13.9. The Morgan fingerprint density at radius 2 is 2.09 bits per heavy atom. The van der Waals surface area contributed by atoms with Crippen LogP contribution >= 0.6 is 23.5 Å². The van der Waals surface area contributed by atoms with Gasteiger partial charge in [0.15, 0.2) is 5.16 Å². The highest BCUT2D eigenvalue weighted by molar-refractivity contribution is 7.99. The fourth-order valence-electron chi connectivity index (χ4n) is 2.24. The molecule has 0 spiro atoms. The van der Waals surface area contributed by atoms with Gasteiger partial charge in [-0.15, -0.1) is 11.8 Å². The minimum absolute atomic E-state index is 0.0341. The normalized spacial score (nSPS) is 10.9. The molecule has 4 nitrogen and oxygen atoms in total. The number of aryl methyl sites for hydroxylation is 1. The molecule has 1 heterocycles. The van der Waals surface area contributed by atoms with Crippen LogP contribution in [-0.4, -0.2) is 27.9 Å². The van der Waals surface area contributed by atoms with Gasteiger partial charge in [0.05, 0.1) is 22.5 Å². The molecule has 1 aromatic heterocycles. The molecule has 0 aliphatic carbocycles. The molecule has 0 atom stereocenters. The molecule has 1 amide bonds. The van der Waals surface area contributed by atoms with Gasteiger partial charge in [0, 0.05) is 4.90 Å². The third-order valence-corrected chi connectivity index (χ3v) is 5.01. The van der Waals surface area contributed by atoms with Crippen molar-refractivity contribution < 1.29 is 4.79 Å². The lowest BCUT2D eigenvalue weighted by atomic mass is 10.2. The summed E-state index contributed by atoms with van der Waals surface area (Å²) in [6.45, 7) is 2.05. The summed E-state index contributed by atoms with van der Waals surface area (Å²) in [5, 5.41) is 3.72. The lowest BCUT2D eigenvalue weighted by Gasteiger charge is -2.08. The molecule has 0 fully saturated rings. The molecule has 0 radical (unpaired) electrons. The molecule has 6 heteroatoms. The van der Waals surface area contributed by atoms with Crippen molar-refractivity contribution in [1.82, 2.24) is 9.97 Å². The number of amides is 1. The predicted octanol–water partition coefficient (Wildman–Crippen LogP) is 4.32. The summed E-state index contributed by atoms with van der Waals surface area (Å²) in [4.78, 5) is 20.9. The van der Waals surface area contributed by atoms with Gasteiger partial charge in [-0.25, -0.2) is 4.98 Å². The van der Waals surface area contributed by atoms with E-state index in [9.17, 15) is 4.79 Å². The first-order valence-electron chi connectivity index (χ1n) is 7.18. The van der Waals surface area contributed by atoms with Crippen molar-refractivity contribution in [2.45, 2.75) is 17.0 Å². The van der Waals surface area contributed by atoms with Crippen LogP contribution in [0.2, 0.25) is 0 Å². The van der Waals surface area contributed by atoms with E-state index in [1.54, 1.807) is 11.8 Å². The molecular weight excluding hydrogens is 326 g/mol. The summed E-state index contributed by atoms with van der Waals surface area (Å²) >= 11 is 3.02. The molecule has 0 aliphatic heterocycles. The molecule has 0 saturated carbocycles. The fourth-order valence-corrected chi connectivity index (χ4v) is 3.48. The van der Waals surface area contributed by atoms with Crippen LogP contribution in [0.5, 0.6) is 0 Å². The van der Waals surface area contributed by atoms with Gasteiger partial charge in [0.1, 0.15) is 0 Å². The number of fused-ring (bicyclic) bond motifs is 1. The maximum absolute atomic E-state index is 12.1.